The molecule has 0 aromatic heterocycles. The minimum Gasteiger partial charge on any atom is -0.294 e. The van der Waals surface area contributed by atoms with E-state index in [-0.39, 0.29) is 12.6 Å². The Balaban J connectivity index is 0.000000109. The molecule has 3 nitrogen and oxygen atoms in total. The minimum atomic E-state index is -1.02. The van der Waals surface area contributed by atoms with Gasteiger partial charge in [0.15, 0.2) is 12.6 Å². The zero-order valence-electron chi connectivity index (χ0n) is 33.0. The smallest absolute Gasteiger partial charge is 0.257 e. The lowest BCUT2D eigenvalue weighted by Crippen LogP contribution is -1.99. The maximum Gasteiger partial charge on any atom is 0.257 e. The predicted molar refractivity (Wildman–Crippen MR) is 276 cm³/mol. The highest BCUT2D eigenvalue weighted by Gasteiger charge is 2.14. The summed E-state index contributed by atoms with van der Waals surface area (Å²) in [7, 11) is 0. The maximum absolute atomic E-state index is 9.44. The van der Waals surface area contributed by atoms with E-state index in [2.05, 4.69) is 170 Å². The van der Waals surface area contributed by atoms with Crippen molar-refractivity contribution in [2.24, 2.45) is 0 Å². The van der Waals surface area contributed by atoms with E-state index in [0.29, 0.717) is 0 Å². The molecule has 0 spiro atoms. The first-order valence-electron chi connectivity index (χ1n) is 19.7. The number of carbonyl (C=O) groups excluding carboxylic acids is 3. The fraction of sp³-hybridized carbons (Fsp3) is 0. The van der Waals surface area contributed by atoms with Crippen LogP contribution >= 0.6 is 48.9 Å². The van der Waals surface area contributed by atoms with Gasteiger partial charge in [-0.1, -0.05) is 219 Å². The summed E-state index contributed by atoms with van der Waals surface area (Å²) in [6.07, 6.45) is 16.3. The Hall–Kier alpha value is -6.87. The van der Waals surface area contributed by atoms with Crippen molar-refractivity contribution < 1.29 is 14.4 Å². The Bertz CT molecular complexity index is 2880. The highest BCUT2D eigenvalue weighted by Crippen LogP contribution is 2.32. The van der Waals surface area contributed by atoms with E-state index >= 15 is 0 Å². The number of carbonyl (C=O) groups is 3. The van der Waals surface area contributed by atoms with Crippen LogP contribution in [0.5, 0.6) is 0 Å². The molecule has 0 unspecified atom stereocenters. The van der Waals surface area contributed by atoms with Crippen molar-refractivity contribution in [3.8, 4) is 0 Å². The summed E-state index contributed by atoms with van der Waals surface area (Å²) in [6, 6.07) is 50.5. The molecule has 0 aliphatic heterocycles. The number of rotatable bonds is 2. The van der Waals surface area contributed by atoms with Gasteiger partial charge < -0.3 is 0 Å². The average Bonchev–Trinajstić information content (AvgIpc) is 3.32. The molecular weight excluding hydrogens is 837 g/mol. The number of Topliss-reactive ketones (excluding diaryl/α,β-unsaturated/α-hetero) is 1. The number of thiocarbonyl (C=S) groups is 4. The number of ketones is 1. The first kappa shape index (κ1) is 41.8. The van der Waals surface area contributed by atoms with Crippen LogP contribution in [0.3, 0.4) is 0 Å². The first-order chi connectivity index (χ1) is 30.2. The van der Waals surface area contributed by atoms with Gasteiger partial charge in [-0.3, -0.25) is 14.4 Å². The molecule has 0 amide bonds. The number of hydrogen-bond donors (Lipinski definition) is 0. The lowest BCUT2D eigenvalue weighted by atomic mass is 9.93. The second-order valence-corrected chi connectivity index (χ2v) is 16.2. The molecule has 0 heterocycles. The molecule has 4 aliphatic rings. The van der Waals surface area contributed by atoms with E-state index in [1.165, 1.54) is 87.6 Å². The van der Waals surface area contributed by atoms with Crippen LogP contribution in [0.1, 0.15) is 44.5 Å². The van der Waals surface area contributed by atoms with Crippen molar-refractivity contribution in [3.05, 3.63) is 214 Å². The lowest BCUT2D eigenvalue weighted by Gasteiger charge is -2.12. The molecule has 8 aromatic carbocycles. The second kappa shape index (κ2) is 18.8. The Kier molecular flexibility index (Phi) is 12.7. The van der Waals surface area contributed by atoms with Crippen LogP contribution in [0, 0.1) is 0 Å². The van der Waals surface area contributed by atoms with Crippen LogP contribution < -0.4 is 0 Å². The number of hydrogen-bond acceptors (Lipinski definition) is 7. The standard InChI is InChI=1S/4C13H8S.C3H2O3/c4*14-12-8-7-10-4-1-3-9-5-2-6-11(12)13(9)10;4-1-3(6)2-5/h4*1-8H;1-2H. The van der Waals surface area contributed by atoms with E-state index in [9.17, 15) is 4.79 Å². The van der Waals surface area contributed by atoms with Gasteiger partial charge in [-0.05, 0) is 89.6 Å². The van der Waals surface area contributed by atoms with Crippen molar-refractivity contribution in [2.45, 2.75) is 0 Å². The minimum absolute atomic E-state index is 0.0347. The summed E-state index contributed by atoms with van der Waals surface area (Å²) in [5.41, 5.74) is 9.84. The average molecular weight is 871 g/mol. The summed E-state index contributed by atoms with van der Waals surface area (Å²) < 4.78 is 0. The van der Waals surface area contributed by atoms with Crippen molar-refractivity contribution >= 4 is 154 Å². The van der Waals surface area contributed by atoms with Gasteiger partial charge in [0.05, 0.1) is 0 Å². The molecular formula is C55H34O3S4. The van der Waals surface area contributed by atoms with E-state index in [1.54, 1.807) is 0 Å². The molecule has 0 bridgehead atoms. The van der Waals surface area contributed by atoms with Gasteiger partial charge in [-0.2, -0.15) is 0 Å². The third-order valence-electron chi connectivity index (χ3n) is 10.7. The third-order valence-corrected chi connectivity index (χ3v) is 12.1. The molecule has 296 valence electrons. The van der Waals surface area contributed by atoms with Gasteiger partial charge in [-0.15, -0.1) is 0 Å². The fourth-order valence-corrected chi connectivity index (χ4v) is 8.86. The second-order valence-electron chi connectivity index (χ2n) is 14.4. The Labute approximate surface area is 380 Å². The van der Waals surface area contributed by atoms with Gasteiger partial charge in [0.2, 0.25) is 0 Å². The van der Waals surface area contributed by atoms with Crippen molar-refractivity contribution in [1.29, 1.82) is 0 Å². The first-order valence-corrected chi connectivity index (χ1v) is 21.3. The summed E-state index contributed by atoms with van der Waals surface area (Å²) in [5.74, 6) is -1.02. The largest absolute Gasteiger partial charge is 0.294 e. The molecule has 0 saturated carbocycles. The Morgan fingerprint density at radius 1 is 0.306 bits per heavy atom. The topological polar surface area (TPSA) is 51.2 Å². The molecule has 0 fully saturated rings. The van der Waals surface area contributed by atoms with Gasteiger partial charge >= 0.3 is 0 Å². The number of allylic oxidation sites excluding steroid dienone is 4. The van der Waals surface area contributed by atoms with E-state index < -0.39 is 5.78 Å². The van der Waals surface area contributed by atoms with Gasteiger partial charge in [0, 0.05) is 41.7 Å². The molecule has 0 saturated heterocycles. The van der Waals surface area contributed by atoms with Crippen LogP contribution in [-0.2, 0) is 14.4 Å². The molecule has 0 atom stereocenters. The summed E-state index contributed by atoms with van der Waals surface area (Å²) >= 11 is 21.2. The normalized spacial score (nSPS) is 12.9. The summed E-state index contributed by atoms with van der Waals surface area (Å²) in [4.78, 5) is 31.5. The maximum atomic E-state index is 9.44. The van der Waals surface area contributed by atoms with Crippen LogP contribution in [0.15, 0.2) is 170 Å². The SMILES string of the molecule is O=CC(=O)C=O.S=C1C=Cc2cccc3cccc1c23.S=C1C=Cc2cccc3cccc1c23.S=C1C=Cc2cccc3cccc1c23.S=C1C=Cc2cccc3cccc1c23. The zero-order chi connectivity index (χ0) is 43.2. The molecule has 0 N–H and O–H groups in total. The Morgan fingerprint density at radius 3 is 0.710 bits per heavy atom. The molecule has 0 radical (unpaired) electrons. The predicted octanol–water partition coefficient (Wildman–Crippen LogP) is 13.3. The van der Waals surface area contributed by atoms with E-state index in [4.69, 9.17) is 58.5 Å². The molecule has 62 heavy (non-hydrogen) atoms. The van der Waals surface area contributed by atoms with Crippen molar-refractivity contribution in [2.75, 3.05) is 0 Å². The highest BCUT2D eigenvalue weighted by molar-refractivity contribution is 7.82. The summed E-state index contributed by atoms with van der Waals surface area (Å²) in [5, 5.41) is 10.3. The zero-order valence-corrected chi connectivity index (χ0v) is 36.3. The lowest BCUT2D eigenvalue weighted by molar-refractivity contribution is -0.135. The van der Waals surface area contributed by atoms with Gasteiger partial charge in [-0.25, -0.2) is 0 Å². The molecule has 12 rings (SSSR count). The van der Waals surface area contributed by atoms with Crippen LogP contribution in [0.2, 0.25) is 0 Å². The van der Waals surface area contributed by atoms with Gasteiger partial charge in [0.25, 0.3) is 5.78 Å². The third kappa shape index (κ3) is 8.66. The van der Waals surface area contributed by atoms with Crippen LogP contribution in [0.4, 0.5) is 0 Å². The summed E-state index contributed by atoms with van der Waals surface area (Å²) in [6.45, 7) is 0. The van der Waals surface area contributed by atoms with Crippen molar-refractivity contribution in [1.82, 2.24) is 0 Å². The van der Waals surface area contributed by atoms with Crippen LogP contribution in [0.25, 0.3) is 67.4 Å². The van der Waals surface area contributed by atoms with E-state index in [1.807, 2.05) is 24.3 Å². The number of benzene rings is 8. The van der Waals surface area contributed by atoms with Crippen LogP contribution in [-0.4, -0.2) is 37.8 Å². The monoisotopic (exact) mass is 870 g/mol. The molecule has 7 heteroatoms. The molecule has 4 aliphatic carbocycles. The fourth-order valence-electron chi connectivity index (χ4n) is 7.91. The number of aldehydes is 2. The van der Waals surface area contributed by atoms with Crippen molar-refractivity contribution in [3.63, 3.8) is 0 Å². The Morgan fingerprint density at radius 2 is 0.516 bits per heavy atom. The van der Waals surface area contributed by atoms with Gasteiger partial charge in [0.1, 0.15) is 0 Å². The molecule has 8 aromatic rings. The van der Waals surface area contributed by atoms with E-state index in [0.717, 1.165) is 19.5 Å². The quantitative estimate of drug-likeness (QED) is 0.0742. The highest BCUT2D eigenvalue weighted by atomic mass is 32.1.